The first-order valence-corrected chi connectivity index (χ1v) is 7.66. The lowest BCUT2D eigenvalue weighted by molar-refractivity contribution is 0.00537. The number of nitrogens with zero attached hydrogens (tertiary/aromatic N) is 2. The largest absolute Gasteiger partial charge is 0.444 e. The third-order valence-corrected chi connectivity index (χ3v) is 3.81. The van der Waals surface area contributed by atoms with Crippen molar-refractivity contribution in [3.05, 3.63) is 28.5 Å². The third-order valence-electron chi connectivity index (χ3n) is 3.60. The number of halogens is 1. The molecule has 1 aliphatic rings. The highest BCUT2D eigenvalue weighted by atomic mass is 35.5. The van der Waals surface area contributed by atoms with Gasteiger partial charge in [-0.15, -0.1) is 0 Å². The van der Waals surface area contributed by atoms with Crippen LogP contribution in [0.15, 0.2) is 12.3 Å². The zero-order valence-corrected chi connectivity index (χ0v) is 14.2. The highest BCUT2D eigenvalue weighted by Gasteiger charge is 2.43. The number of aromatic nitrogens is 1. The Morgan fingerprint density at radius 1 is 1.43 bits per heavy atom. The number of fused-ring (bicyclic) bond motifs is 1. The van der Waals surface area contributed by atoms with Gasteiger partial charge in [-0.1, -0.05) is 25.4 Å². The molecule has 0 bridgehead atoms. The number of hydrogen-bond donors (Lipinski definition) is 0. The van der Waals surface area contributed by atoms with Gasteiger partial charge in [0.2, 0.25) is 0 Å². The van der Waals surface area contributed by atoms with Crippen LogP contribution in [0.3, 0.4) is 0 Å². The normalized spacial score (nSPS) is 21.6. The molecule has 0 aliphatic carbocycles. The van der Waals surface area contributed by atoms with Crippen LogP contribution in [0, 0.1) is 5.92 Å². The van der Waals surface area contributed by atoms with Crippen LogP contribution < -0.4 is 0 Å². The van der Waals surface area contributed by atoms with E-state index in [2.05, 4.69) is 18.8 Å². The van der Waals surface area contributed by atoms with Crippen molar-refractivity contribution < 1.29 is 9.53 Å². The van der Waals surface area contributed by atoms with Crippen LogP contribution in [0.4, 0.5) is 4.79 Å². The van der Waals surface area contributed by atoms with Crippen molar-refractivity contribution in [2.75, 3.05) is 0 Å². The fraction of sp³-hybridized carbons (Fsp3) is 0.625. The molecule has 2 heterocycles. The smallest absolute Gasteiger partial charge is 0.411 e. The first-order chi connectivity index (χ1) is 9.61. The van der Waals surface area contributed by atoms with Crippen LogP contribution >= 0.6 is 11.6 Å². The predicted octanol–water partition coefficient (Wildman–Crippen LogP) is 4.74. The van der Waals surface area contributed by atoms with E-state index in [9.17, 15) is 4.79 Å². The van der Waals surface area contributed by atoms with Crippen molar-refractivity contribution in [2.24, 2.45) is 5.92 Å². The lowest BCUT2D eigenvalue weighted by Gasteiger charge is -2.33. The summed E-state index contributed by atoms with van der Waals surface area (Å²) in [6.07, 6.45) is 1.34. The van der Waals surface area contributed by atoms with Crippen molar-refractivity contribution in [2.45, 2.75) is 59.2 Å². The Hall–Kier alpha value is -1.29. The van der Waals surface area contributed by atoms with Gasteiger partial charge in [-0.05, 0) is 45.2 Å². The highest BCUT2D eigenvalue weighted by Crippen LogP contribution is 2.45. The molecule has 1 unspecified atom stereocenters. The topological polar surface area (TPSA) is 42.4 Å². The lowest BCUT2D eigenvalue weighted by atomic mass is 10.00. The van der Waals surface area contributed by atoms with Gasteiger partial charge in [0.1, 0.15) is 5.60 Å². The molecule has 0 saturated heterocycles. The van der Waals surface area contributed by atoms with Gasteiger partial charge in [-0.3, -0.25) is 9.88 Å². The van der Waals surface area contributed by atoms with E-state index in [1.807, 2.05) is 33.8 Å². The maximum absolute atomic E-state index is 12.6. The zero-order valence-electron chi connectivity index (χ0n) is 13.5. The van der Waals surface area contributed by atoms with Gasteiger partial charge in [0, 0.05) is 6.20 Å². The molecule has 0 saturated carbocycles. The molecule has 4 nitrogen and oxygen atoms in total. The number of pyridine rings is 1. The Kier molecular flexibility index (Phi) is 4.20. The van der Waals surface area contributed by atoms with Crippen LogP contribution in [-0.2, 0) is 4.74 Å². The summed E-state index contributed by atoms with van der Waals surface area (Å²) >= 11 is 6.05. The Morgan fingerprint density at radius 3 is 2.57 bits per heavy atom. The molecule has 0 spiro atoms. The summed E-state index contributed by atoms with van der Waals surface area (Å²) < 4.78 is 5.56. The molecule has 1 aromatic rings. The zero-order chi connectivity index (χ0) is 15.9. The second kappa shape index (κ2) is 5.48. The highest BCUT2D eigenvalue weighted by molar-refractivity contribution is 6.30. The molecule has 5 heteroatoms. The SMILES string of the molecule is CC(C)[C@H]1c2ncc(Cl)cc2C(C)N1C(=O)OC(C)(C)C. The summed E-state index contributed by atoms with van der Waals surface area (Å²) in [4.78, 5) is 18.8. The van der Waals surface area contributed by atoms with E-state index >= 15 is 0 Å². The van der Waals surface area contributed by atoms with E-state index in [1.165, 1.54) is 0 Å². The summed E-state index contributed by atoms with van der Waals surface area (Å²) in [5.41, 5.74) is 1.41. The first-order valence-electron chi connectivity index (χ1n) is 7.28. The summed E-state index contributed by atoms with van der Waals surface area (Å²) in [5.74, 6) is 0.245. The first kappa shape index (κ1) is 16.1. The number of ether oxygens (including phenoxy) is 1. The van der Waals surface area contributed by atoms with Gasteiger partial charge in [-0.2, -0.15) is 0 Å². The van der Waals surface area contributed by atoms with Crippen molar-refractivity contribution in [1.29, 1.82) is 0 Å². The second-order valence-electron chi connectivity index (χ2n) is 6.88. The molecule has 1 amide bonds. The minimum Gasteiger partial charge on any atom is -0.444 e. The summed E-state index contributed by atoms with van der Waals surface area (Å²) in [7, 11) is 0. The summed E-state index contributed by atoms with van der Waals surface area (Å²) in [6.45, 7) is 11.8. The molecular weight excluding hydrogens is 288 g/mol. The average molecular weight is 311 g/mol. The van der Waals surface area contributed by atoms with Crippen molar-refractivity contribution in [3.63, 3.8) is 0 Å². The third kappa shape index (κ3) is 3.15. The molecule has 2 atom stereocenters. The fourth-order valence-corrected chi connectivity index (χ4v) is 2.96. The molecule has 0 radical (unpaired) electrons. The van der Waals surface area contributed by atoms with Crippen LogP contribution in [0.2, 0.25) is 5.02 Å². The van der Waals surface area contributed by atoms with E-state index in [0.717, 1.165) is 11.3 Å². The average Bonchev–Trinajstić information content (AvgIpc) is 2.60. The number of carbonyl (C=O) groups excluding carboxylic acids is 1. The molecule has 0 aromatic carbocycles. The molecule has 0 fully saturated rings. The van der Waals surface area contributed by atoms with Crippen LogP contribution in [0.25, 0.3) is 0 Å². The summed E-state index contributed by atoms with van der Waals surface area (Å²) in [5, 5.41) is 0.592. The van der Waals surface area contributed by atoms with Gasteiger partial charge in [0.15, 0.2) is 0 Å². The van der Waals surface area contributed by atoms with E-state index in [4.69, 9.17) is 16.3 Å². The standard InChI is InChI=1S/C16H23ClN2O2/c1-9(2)14-13-12(7-11(17)8-18-13)10(3)19(14)15(20)21-16(4,5)6/h7-10,14H,1-6H3/t10?,14-/m0/s1. The molecule has 21 heavy (non-hydrogen) atoms. The number of hydrogen-bond acceptors (Lipinski definition) is 3. The maximum Gasteiger partial charge on any atom is 0.411 e. The van der Waals surface area contributed by atoms with Crippen molar-refractivity contribution >= 4 is 17.7 Å². The summed E-state index contributed by atoms with van der Waals surface area (Å²) in [6, 6.07) is 1.73. The fourth-order valence-electron chi connectivity index (χ4n) is 2.79. The van der Waals surface area contributed by atoms with E-state index in [1.54, 1.807) is 11.1 Å². The van der Waals surface area contributed by atoms with Gasteiger partial charge in [0.25, 0.3) is 0 Å². The predicted molar refractivity (Wildman–Crippen MR) is 83.3 cm³/mol. The van der Waals surface area contributed by atoms with Gasteiger partial charge >= 0.3 is 6.09 Å². The maximum atomic E-state index is 12.6. The molecule has 116 valence electrons. The van der Waals surface area contributed by atoms with Gasteiger partial charge < -0.3 is 4.74 Å². The monoisotopic (exact) mass is 310 g/mol. The minimum absolute atomic E-state index is 0.0814. The van der Waals surface area contributed by atoms with Crippen molar-refractivity contribution in [3.8, 4) is 0 Å². The molecular formula is C16H23ClN2O2. The Bertz CT molecular complexity index is 552. The van der Waals surface area contributed by atoms with Crippen LogP contribution in [0.5, 0.6) is 0 Å². The number of rotatable bonds is 1. The lowest BCUT2D eigenvalue weighted by Crippen LogP contribution is -2.38. The van der Waals surface area contributed by atoms with E-state index in [0.29, 0.717) is 5.02 Å². The second-order valence-corrected chi connectivity index (χ2v) is 7.32. The molecule has 0 N–H and O–H groups in total. The Labute approximate surface area is 131 Å². The molecule has 2 rings (SSSR count). The Morgan fingerprint density at radius 2 is 2.05 bits per heavy atom. The van der Waals surface area contributed by atoms with Crippen LogP contribution in [-0.4, -0.2) is 21.6 Å². The Balaban J connectivity index is 2.41. The van der Waals surface area contributed by atoms with Gasteiger partial charge in [0.05, 0.1) is 22.8 Å². The number of amides is 1. The van der Waals surface area contributed by atoms with Crippen LogP contribution in [0.1, 0.15) is 64.9 Å². The van der Waals surface area contributed by atoms with E-state index < -0.39 is 5.60 Å². The molecule has 1 aliphatic heterocycles. The number of carbonyl (C=O) groups is 1. The van der Waals surface area contributed by atoms with Crippen molar-refractivity contribution in [1.82, 2.24) is 9.88 Å². The minimum atomic E-state index is -0.516. The van der Waals surface area contributed by atoms with E-state index in [-0.39, 0.29) is 24.1 Å². The van der Waals surface area contributed by atoms with Gasteiger partial charge in [-0.25, -0.2) is 4.79 Å². The quantitative estimate of drug-likeness (QED) is 0.752. The molecule has 1 aromatic heterocycles.